The van der Waals surface area contributed by atoms with Crippen molar-refractivity contribution in [2.75, 3.05) is 59.0 Å². The molecule has 0 aromatic heterocycles. The lowest BCUT2D eigenvalue weighted by Gasteiger charge is -2.27. The van der Waals surface area contributed by atoms with Gasteiger partial charge in [-0.25, -0.2) is 0 Å². The monoisotopic (exact) mass is 327 g/mol. The molecule has 2 fully saturated rings. The molecule has 0 saturated carbocycles. The Morgan fingerprint density at radius 1 is 1.05 bits per heavy atom. The summed E-state index contributed by atoms with van der Waals surface area (Å²) in [6.07, 6.45) is 2.75. The summed E-state index contributed by atoms with van der Waals surface area (Å²) in [6.45, 7) is 8.51. The molecule has 0 bridgehead atoms. The number of nitrogens with zero attached hydrogens (tertiary/aromatic N) is 2. The number of carbonyl (C=O) groups excluding carboxylic acids is 1. The van der Waals surface area contributed by atoms with Crippen molar-refractivity contribution in [3.05, 3.63) is 0 Å². The molecule has 2 saturated heterocycles. The summed E-state index contributed by atoms with van der Waals surface area (Å²) in [7, 11) is 0. The van der Waals surface area contributed by atoms with Crippen LogP contribution in [0.5, 0.6) is 0 Å². The second-order valence-corrected chi connectivity index (χ2v) is 5.04. The van der Waals surface area contributed by atoms with Gasteiger partial charge >= 0.3 is 0 Å². The van der Waals surface area contributed by atoms with E-state index >= 15 is 0 Å². The number of carbonyl (C=O) groups is 1. The summed E-state index contributed by atoms with van der Waals surface area (Å²) in [5, 5.41) is 3.32. The molecule has 5 nitrogen and oxygen atoms in total. The van der Waals surface area contributed by atoms with Crippen LogP contribution in [0, 0.1) is 0 Å². The SMILES string of the molecule is Cl.Cl.O=C(CCCN1CCOCC1)N1CCCNCC1. The topological polar surface area (TPSA) is 44.8 Å². The molecule has 2 rings (SSSR count). The fourth-order valence-corrected chi connectivity index (χ4v) is 2.53. The zero-order valence-corrected chi connectivity index (χ0v) is 13.6. The molecule has 0 unspecified atom stereocenters. The summed E-state index contributed by atoms with van der Waals surface area (Å²) >= 11 is 0. The molecule has 2 aliphatic heterocycles. The highest BCUT2D eigenvalue weighted by Crippen LogP contribution is 2.04. The van der Waals surface area contributed by atoms with Crippen LogP contribution in [0.15, 0.2) is 0 Å². The third-order valence-electron chi connectivity index (χ3n) is 3.66. The highest BCUT2D eigenvalue weighted by atomic mass is 35.5. The molecule has 20 heavy (non-hydrogen) atoms. The van der Waals surface area contributed by atoms with Crippen molar-refractivity contribution in [3.63, 3.8) is 0 Å². The number of rotatable bonds is 4. The molecule has 0 spiro atoms. The largest absolute Gasteiger partial charge is 0.379 e. The maximum Gasteiger partial charge on any atom is 0.222 e. The van der Waals surface area contributed by atoms with Crippen molar-refractivity contribution in [2.24, 2.45) is 0 Å². The van der Waals surface area contributed by atoms with E-state index in [1.165, 1.54) is 0 Å². The van der Waals surface area contributed by atoms with Gasteiger partial charge < -0.3 is 15.0 Å². The van der Waals surface area contributed by atoms with Crippen LogP contribution in [0.3, 0.4) is 0 Å². The van der Waals surface area contributed by atoms with Crippen LogP contribution >= 0.6 is 24.8 Å². The van der Waals surface area contributed by atoms with Gasteiger partial charge in [0.25, 0.3) is 0 Å². The van der Waals surface area contributed by atoms with Crippen molar-refractivity contribution in [1.82, 2.24) is 15.1 Å². The van der Waals surface area contributed by atoms with E-state index in [1.54, 1.807) is 0 Å². The minimum atomic E-state index is 0. The Morgan fingerprint density at radius 2 is 1.80 bits per heavy atom. The highest BCUT2D eigenvalue weighted by molar-refractivity contribution is 5.85. The van der Waals surface area contributed by atoms with Gasteiger partial charge in [-0.15, -0.1) is 24.8 Å². The number of nitrogens with one attached hydrogen (secondary N) is 1. The van der Waals surface area contributed by atoms with Crippen LogP contribution in [0.2, 0.25) is 0 Å². The quantitative estimate of drug-likeness (QED) is 0.828. The first-order valence-electron chi connectivity index (χ1n) is 7.15. The Kier molecular flexibility index (Phi) is 11.5. The Hall–Kier alpha value is -0.0700. The van der Waals surface area contributed by atoms with Crippen molar-refractivity contribution in [2.45, 2.75) is 19.3 Å². The first-order valence-corrected chi connectivity index (χ1v) is 7.15. The summed E-state index contributed by atoms with van der Waals surface area (Å²) in [6, 6.07) is 0. The average molecular weight is 328 g/mol. The molecular weight excluding hydrogens is 301 g/mol. The normalized spacial score (nSPS) is 20.5. The molecule has 120 valence electrons. The van der Waals surface area contributed by atoms with Gasteiger partial charge in [-0.2, -0.15) is 0 Å². The van der Waals surface area contributed by atoms with Gasteiger partial charge in [0.15, 0.2) is 0 Å². The second kappa shape index (κ2) is 11.6. The van der Waals surface area contributed by atoms with E-state index < -0.39 is 0 Å². The maximum absolute atomic E-state index is 12.0. The second-order valence-electron chi connectivity index (χ2n) is 5.04. The Balaban J connectivity index is 0.00000180. The van der Waals surface area contributed by atoms with E-state index in [4.69, 9.17) is 4.74 Å². The highest BCUT2D eigenvalue weighted by Gasteiger charge is 2.16. The van der Waals surface area contributed by atoms with Crippen LogP contribution in [-0.4, -0.2) is 74.7 Å². The summed E-state index contributed by atoms with van der Waals surface area (Å²) < 4.78 is 5.31. The van der Waals surface area contributed by atoms with E-state index in [1.807, 2.05) is 4.90 Å². The molecule has 0 atom stereocenters. The number of amides is 1. The lowest BCUT2D eigenvalue weighted by atomic mass is 10.2. The third-order valence-corrected chi connectivity index (χ3v) is 3.66. The summed E-state index contributed by atoms with van der Waals surface area (Å²) in [5.74, 6) is 0.326. The van der Waals surface area contributed by atoms with Gasteiger partial charge in [0.05, 0.1) is 13.2 Å². The van der Waals surface area contributed by atoms with E-state index in [0.717, 1.165) is 71.9 Å². The molecule has 0 aliphatic carbocycles. The van der Waals surface area contributed by atoms with Gasteiger partial charge in [-0.3, -0.25) is 9.69 Å². The lowest BCUT2D eigenvalue weighted by Crippen LogP contribution is -2.38. The average Bonchev–Trinajstić information content (AvgIpc) is 2.69. The van der Waals surface area contributed by atoms with E-state index in [2.05, 4.69) is 10.2 Å². The Morgan fingerprint density at radius 3 is 2.55 bits per heavy atom. The minimum absolute atomic E-state index is 0. The van der Waals surface area contributed by atoms with Crippen molar-refractivity contribution in [3.8, 4) is 0 Å². The van der Waals surface area contributed by atoms with Crippen LogP contribution in [0.4, 0.5) is 0 Å². The smallest absolute Gasteiger partial charge is 0.222 e. The van der Waals surface area contributed by atoms with Crippen molar-refractivity contribution in [1.29, 1.82) is 0 Å². The first kappa shape index (κ1) is 19.9. The molecule has 1 N–H and O–H groups in total. The van der Waals surface area contributed by atoms with Gasteiger partial charge in [0.2, 0.25) is 5.91 Å². The number of halogens is 2. The number of hydrogen-bond acceptors (Lipinski definition) is 4. The molecule has 0 aromatic rings. The zero-order valence-electron chi connectivity index (χ0n) is 12.0. The Labute approximate surface area is 134 Å². The van der Waals surface area contributed by atoms with E-state index in [9.17, 15) is 4.79 Å². The maximum atomic E-state index is 12.0. The molecule has 1 amide bonds. The van der Waals surface area contributed by atoms with Crippen LogP contribution < -0.4 is 5.32 Å². The van der Waals surface area contributed by atoms with Crippen molar-refractivity contribution >= 4 is 30.7 Å². The van der Waals surface area contributed by atoms with Gasteiger partial charge in [0.1, 0.15) is 0 Å². The zero-order chi connectivity index (χ0) is 12.6. The predicted molar refractivity (Wildman–Crippen MR) is 85.1 cm³/mol. The lowest BCUT2D eigenvalue weighted by molar-refractivity contribution is -0.131. The fraction of sp³-hybridized carbons (Fsp3) is 0.923. The molecule has 2 heterocycles. The first-order chi connectivity index (χ1) is 8.86. The molecule has 0 radical (unpaired) electrons. The van der Waals surface area contributed by atoms with Crippen LogP contribution in [-0.2, 0) is 9.53 Å². The van der Waals surface area contributed by atoms with Gasteiger partial charge in [-0.05, 0) is 25.9 Å². The van der Waals surface area contributed by atoms with E-state index in [-0.39, 0.29) is 24.8 Å². The third kappa shape index (κ3) is 7.09. The number of ether oxygens (including phenoxy) is 1. The predicted octanol–water partition coefficient (Wildman–Crippen LogP) is 0.764. The number of hydrogen-bond donors (Lipinski definition) is 1. The molecule has 2 aliphatic rings. The van der Waals surface area contributed by atoms with Crippen molar-refractivity contribution < 1.29 is 9.53 Å². The summed E-state index contributed by atoms with van der Waals surface area (Å²) in [4.78, 5) is 16.5. The fourth-order valence-electron chi connectivity index (χ4n) is 2.53. The minimum Gasteiger partial charge on any atom is -0.379 e. The van der Waals surface area contributed by atoms with E-state index in [0.29, 0.717) is 12.3 Å². The number of morpholine rings is 1. The molecular formula is C13H27Cl2N3O2. The molecule has 7 heteroatoms. The van der Waals surface area contributed by atoms with Gasteiger partial charge in [0, 0.05) is 39.1 Å². The Bertz CT molecular complexity index is 256. The van der Waals surface area contributed by atoms with Crippen LogP contribution in [0.25, 0.3) is 0 Å². The standard InChI is InChI=1S/C13H25N3O2.2ClH/c17-13(16-7-2-4-14-5-8-16)3-1-6-15-9-11-18-12-10-15;;/h14H,1-12H2;2*1H. The summed E-state index contributed by atoms with van der Waals surface area (Å²) in [5.41, 5.74) is 0. The van der Waals surface area contributed by atoms with Gasteiger partial charge in [-0.1, -0.05) is 0 Å². The molecule has 0 aromatic carbocycles. The van der Waals surface area contributed by atoms with Crippen LogP contribution in [0.1, 0.15) is 19.3 Å².